The summed E-state index contributed by atoms with van der Waals surface area (Å²) < 4.78 is 20.1. The zero-order valence-electron chi connectivity index (χ0n) is 13.3. The highest BCUT2D eigenvalue weighted by Gasteiger charge is 2.30. The van der Waals surface area contributed by atoms with Crippen LogP contribution in [0.3, 0.4) is 0 Å². The van der Waals surface area contributed by atoms with Crippen molar-refractivity contribution in [2.75, 3.05) is 20.3 Å². The van der Waals surface area contributed by atoms with Crippen LogP contribution in [0, 0.1) is 5.82 Å². The summed E-state index contributed by atoms with van der Waals surface area (Å²) in [4.78, 5) is 26.7. The summed E-state index contributed by atoms with van der Waals surface area (Å²) in [5, 5.41) is 7.34. The first-order chi connectivity index (χ1) is 11.6. The molecule has 1 saturated heterocycles. The standard InChI is InChI=1S/C15H18FN5O3/c1-24-10-13-6-2-3-8-19(13)14(22)21-15(23)20(17-18-21)12-7-4-5-11(16)9-12/h4-5,7,9,13H,2-3,6,8,10H2,1H3. The molecule has 8 nitrogen and oxygen atoms in total. The molecule has 2 aromatic rings. The van der Waals surface area contributed by atoms with E-state index in [9.17, 15) is 14.0 Å². The number of hydrogen-bond acceptors (Lipinski definition) is 5. The molecule has 1 fully saturated rings. The van der Waals surface area contributed by atoms with Gasteiger partial charge >= 0.3 is 11.7 Å². The van der Waals surface area contributed by atoms with E-state index in [2.05, 4.69) is 10.4 Å². The largest absolute Gasteiger partial charge is 0.383 e. The summed E-state index contributed by atoms with van der Waals surface area (Å²) in [6.45, 7) is 0.935. The first-order valence-corrected chi connectivity index (χ1v) is 7.72. The summed E-state index contributed by atoms with van der Waals surface area (Å²) >= 11 is 0. The van der Waals surface area contributed by atoms with Crippen LogP contribution in [0.1, 0.15) is 19.3 Å². The molecule has 0 aliphatic carbocycles. The number of halogens is 1. The molecule has 128 valence electrons. The lowest BCUT2D eigenvalue weighted by Crippen LogP contribution is -2.50. The minimum atomic E-state index is -0.729. The van der Waals surface area contributed by atoms with Crippen molar-refractivity contribution in [2.45, 2.75) is 25.3 Å². The van der Waals surface area contributed by atoms with Crippen LogP contribution >= 0.6 is 0 Å². The molecule has 1 aromatic heterocycles. The molecule has 1 aromatic carbocycles. The lowest BCUT2D eigenvalue weighted by atomic mass is 10.0. The van der Waals surface area contributed by atoms with Gasteiger partial charge in [-0.25, -0.2) is 14.0 Å². The maximum atomic E-state index is 13.3. The van der Waals surface area contributed by atoms with E-state index in [1.54, 1.807) is 12.0 Å². The zero-order valence-corrected chi connectivity index (χ0v) is 13.3. The second kappa shape index (κ2) is 6.91. The van der Waals surface area contributed by atoms with Gasteiger partial charge in [0.1, 0.15) is 5.82 Å². The Morgan fingerprint density at radius 3 is 2.96 bits per heavy atom. The Bertz CT molecular complexity index is 785. The van der Waals surface area contributed by atoms with Gasteiger partial charge in [0.25, 0.3) is 0 Å². The predicted octanol–water partition coefficient (Wildman–Crippen LogP) is 1.04. The molecule has 0 radical (unpaired) electrons. The van der Waals surface area contributed by atoms with Gasteiger partial charge in [0.15, 0.2) is 0 Å². The molecular formula is C15H18FN5O3. The van der Waals surface area contributed by atoms with Gasteiger partial charge in [-0.3, -0.25) is 0 Å². The molecule has 9 heteroatoms. The van der Waals surface area contributed by atoms with Crippen LogP contribution in [0.2, 0.25) is 0 Å². The van der Waals surface area contributed by atoms with Crippen LogP contribution in [0.25, 0.3) is 5.69 Å². The van der Waals surface area contributed by atoms with Gasteiger partial charge < -0.3 is 9.64 Å². The van der Waals surface area contributed by atoms with Crippen molar-refractivity contribution < 1.29 is 13.9 Å². The number of piperidine rings is 1. The van der Waals surface area contributed by atoms with Crippen molar-refractivity contribution in [1.82, 2.24) is 24.7 Å². The lowest BCUT2D eigenvalue weighted by Gasteiger charge is -2.34. The van der Waals surface area contributed by atoms with Gasteiger partial charge in [0.05, 0.1) is 18.3 Å². The van der Waals surface area contributed by atoms with Gasteiger partial charge in [0.2, 0.25) is 0 Å². The van der Waals surface area contributed by atoms with Crippen LogP contribution in [-0.2, 0) is 4.74 Å². The topological polar surface area (TPSA) is 82.2 Å². The summed E-state index contributed by atoms with van der Waals surface area (Å²) in [5.41, 5.74) is -0.515. The predicted molar refractivity (Wildman–Crippen MR) is 82.6 cm³/mol. The minimum absolute atomic E-state index is 0.0949. The van der Waals surface area contributed by atoms with E-state index >= 15 is 0 Å². The van der Waals surface area contributed by atoms with E-state index in [1.165, 1.54) is 18.2 Å². The third-order valence-electron chi connectivity index (χ3n) is 4.05. The Hall–Kier alpha value is -2.55. The first-order valence-electron chi connectivity index (χ1n) is 7.72. The van der Waals surface area contributed by atoms with Gasteiger partial charge in [-0.2, -0.15) is 4.68 Å². The Morgan fingerprint density at radius 2 is 2.21 bits per heavy atom. The summed E-state index contributed by atoms with van der Waals surface area (Å²) in [7, 11) is 1.57. The van der Waals surface area contributed by atoms with E-state index in [1.807, 2.05) is 0 Å². The monoisotopic (exact) mass is 335 g/mol. The number of amides is 1. The number of carbonyl (C=O) groups excluding carboxylic acids is 1. The number of ether oxygens (including phenoxy) is 1. The van der Waals surface area contributed by atoms with Crippen molar-refractivity contribution in [3.05, 3.63) is 40.6 Å². The Balaban J connectivity index is 1.90. The third-order valence-corrected chi connectivity index (χ3v) is 4.05. The summed E-state index contributed by atoms with van der Waals surface area (Å²) in [6.07, 6.45) is 2.67. The molecule has 0 saturated carbocycles. The highest BCUT2D eigenvalue weighted by Crippen LogP contribution is 2.18. The highest BCUT2D eigenvalue weighted by molar-refractivity contribution is 5.76. The fraction of sp³-hybridized carbons (Fsp3) is 0.467. The molecule has 1 amide bonds. The van der Waals surface area contributed by atoms with E-state index < -0.39 is 17.5 Å². The summed E-state index contributed by atoms with van der Waals surface area (Å²) in [6, 6.07) is 4.75. The molecule has 1 unspecified atom stereocenters. The number of aromatic nitrogens is 4. The van der Waals surface area contributed by atoms with E-state index in [0.29, 0.717) is 17.8 Å². The average Bonchev–Trinajstić information content (AvgIpc) is 2.96. The molecular weight excluding hydrogens is 317 g/mol. The van der Waals surface area contributed by atoms with Crippen LogP contribution in [0.15, 0.2) is 29.1 Å². The molecule has 24 heavy (non-hydrogen) atoms. The van der Waals surface area contributed by atoms with Crippen molar-refractivity contribution in [3.63, 3.8) is 0 Å². The van der Waals surface area contributed by atoms with Gasteiger partial charge in [0, 0.05) is 13.7 Å². The average molecular weight is 335 g/mol. The molecule has 0 spiro atoms. The minimum Gasteiger partial charge on any atom is -0.383 e. The fourth-order valence-electron chi connectivity index (χ4n) is 2.88. The lowest BCUT2D eigenvalue weighted by molar-refractivity contribution is 0.0817. The van der Waals surface area contributed by atoms with Gasteiger partial charge in [-0.15, -0.1) is 4.68 Å². The number of tetrazole rings is 1. The van der Waals surface area contributed by atoms with Crippen LogP contribution < -0.4 is 5.69 Å². The van der Waals surface area contributed by atoms with Crippen molar-refractivity contribution in [1.29, 1.82) is 0 Å². The quantitative estimate of drug-likeness (QED) is 0.783. The van der Waals surface area contributed by atoms with Crippen molar-refractivity contribution >= 4 is 6.03 Å². The SMILES string of the molecule is COCC1CCCCN1C(=O)n1nnn(-c2cccc(F)c2)c1=O. The van der Waals surface area contributed by atoms with Crippen molar-refractivity contribution in [2.24, 2.45) is 0 Å². The number of likely N-dealkylation sites (tertiary alicyclic amines) is 1. The molecule has 3 rings (SSSR count). The second-order valence-corrected chi connectivity index (χ2v) is 5.65. The Kier molecular flexibility index (Phi) is 4.70. The molecule has 1 aliphatic rings. The number of carbonyl (C=O) groups is 1. The number of nitrogens with zero attached hydrogens (tertiary/aromatic N) is 5. The molecule has 0 N–H and O–H groups in total. The highest BCUT2D eigenvalue weighted by atomic mass is 19.1. The second-order valence-electron chi connectivity index (χ2n) is 5.65. The molecule has 1 aliphatic heterocycles. The zero-order chi connectivity index (χ0) is 17.1. The summed E-state index contributed by atoms with van der Waals surface area (Å²) in [5.74, 6) is -0.503. The molecule has 2 heterocycles. The number of methoxy groups -OCH3 is 1. The fourth-order valence-corrected chi connectivity index (χ4v) is 2.88. The number of rotatable bonds is 3. The Morgan fingerprint density at radius 1 is 1.38 bits per heavy atom. The Labute approximate surface area is 137 Å². The maximum Gasteiger partial charge on any atom is 0.377 e. The number of benzene rings is 1. The van der Waals surface area contributed by atoms with Crippen LogP contribution in [-0.4, -0.2) is 57.0 Å². The van der Waals surface area contributed by atoms with Gasteiger partial charge in [-0.05, 0) is 47.9 Å². The maximum absolute atomic E-state index is 13.3. The van der Waals surface area contributed by atoms with Crippen LogP contribution in [0.4, 0.5) is 9.18 Å². The van der Waals surface area contributed by atoms with E-state index in [4.69, 9.17) is 4.74 Å². The van der Waals surface area contributed by atoms with E-state index in [-0.39, 0.29) is 11.7 Å². The van der Waals surface area contributed by atoms with Crippen LogP contribution in [0.5, 0.6) is 0 Å². The first kappa shape index (κ1) is 16.3. The van der Waals surface area contributed by atoms with Crippen molar-refractivity contribution in [3.8, 4) is 5.69 Å². The normalized spacial score (nSPS) is 17.9. The molecule has 1 atom stereocenters. The third kappa shape index (κ3) is 3.07. The van der Waals surface area contributed by atoms with E-state index in [0.717, 1.165) is 30.0 Å². The number of hydrogen-bond donors (Lipinski definition) is 0. The smallest absolute Gasteiger partial charge is 0.377 e. The van der Waals surface area contributed by atoms with Gasteiger partial charge in [-0.1, -0.05) is 6.07 Å². The molecule has 0 bridgehead atoms.